The van der Waals surface area contributed by atoms with Crippen molar-refractivity contribution in [2.75, 3.05) is 18.0 Å². The van der Waals surface area contributed by atoms with E-state index in [4.69, 9.17) is 16.1 Å². The molecule has 1 aliphatic rings. The lowest BCUT2D eigenvalue weighted by atomic mass is 9.96. The Morgan fingerprint density at radius 3 is 2.77 bits per heavy atom. The maximum absolute atomic E-state index is 11.4. The highest BCUT2D eigenvalue weighted by molar-refractivity contribution is 6.30. The van der Waals surface area contributed by atoms with E-state index in [2.05, 4.69) is 20.0 Å². The fourth-order valence-corrected chi connectivity index (χ4v) is 4.24. The highest BCUT2D eigenvalue weighted by Gasteiger charge is 2.28. The molecule has 0 spiro atoms. The molecule has 0 bridgehead atoms. The molecular formula is C22H18ClN5O3. The van der Waals surface area contributed by atoms with Crippen molar-refractivity contribution in [3.8, 4) is 11.4 Å². The van der Waals surface area contributed by atoms with Gasteiger partial charge < -0.3 is 9.42 Å². The van der Waals surface area contributed by atoms with E-state index >= 15 is 0 Å². The third-order valence-electron chi connectivity index (χ3n) is 5.62. The van der Waals surface area contributed by atoms with E-state index in [1.165, 1.54) is 0 Å². The number of rotatable bonds is 4. The number of non-ortho nitro benzene ring substituents is 1. The molecule has 2 aromatic carbocycles. The molecule has 9 heteroatoms. The number of anilines is 1. The van der Waals surface area contributed by atoms with Crippen LogP contribution < -0.4 is 4.90 Å². The molecule has 1 saturated heterocycles. The van der Waals surface area contributed by atoms with Gasteiger partial charge in [-0.25, -0.2) is 0 Å². The number of nitrogens with zero attached hydrogens (tertiary/aromatic N) is 5. The maximum atomic E-state index is 11.4. The van der Waals surface area contributed by atoms with Crippen molar-refractivity contribution in [2.24, 2.45) is 0 Å². The summed E-state index contributed by atoms with van der Waals surface area (Å²) < 4.78 is 5.59. The number of nitro groups is 1. The summed E-state index contributed by atoms with van der Waals surface area (Å²) in [6.45, 7) is 1.54. The third kappa shape index (κ3) is 3.70. The molecule has 4 aromatic rings. The van der Waals surface area contributed by atoms with Crippen LogP contribution in [0.3, 0.4) is 0 Å². The van der Waals surface area contributed by atoms with Gasteiger partial charge in [-0.1, -0.05) is 16.8 Å². The summed E-state index contributed by atoms with van der Waals surface area (Å²) in [5.74, 6) is 1.22. The third-order valence-corrected chi connectivity index (χ3v) is 5.88. The zero-order valence-corrected chi connectivity index (χ0v) is 17.2. The summed E-state index contributed by atoms with van der Waals surface area (Å²) in [6, 6.07) is 12.5. The van der Waals surface area contributed by atoms with Crippen LogP contribution in [-0.2, 0) is 0 Å². The molecular weight excluding hydrogens is 418 g/mol. The number of aromatic nitrogens is 3. The summed E-state index contributed by atoms with van der Waals surface area (Å²) >= 11 is 5.96. The van der Waals surface area contributed by atoms with Crippen molar-refractivity contribution >= 4 is 33.7 Å². The Morgan fingerprint density at radius 1 is 1.13 bits per heavy atom. The smallest absolute Gasteiger partial charge is 0.278 e. The number of hydrogen-bond donors (Lipinski definition) is 0. The van der Waals surface area contributed by atoms with Crippen molar-refractivity contribution in [1.29, 1.82) is 0 Å². The largest absolute Gasteiger partial charge is 0.370 e. The van der Waals surface area contributed by atoms with Gasteiger partial charge in [0.1, 0.15) is 0 Å². The van der Waals surface area contributed by atoms with E-state index < -0.39 is 0 Å². The van der Waals surface area contributed by atoms with Crippen LogP contribution in [0.2, 0.25) is 5.02 Å². The highest BCUT2D eigenvalue weighted by atomic mass is 35.5. The number of pyridine rings is 1. The van der Waals surface area contributed by atoms with E-state index in [1.54, 1.807) is 30.6 Å². The van der Waals surface area contributed by atoms with Crippen LogP contribution in [0, 0.1) is 10.1 Å². The van der Waals surface area contributed by atoms with Gasteiger partial charge in [0.25, 0.3) is 5.69 Å². The predicted octanol–water partition coefficient (Wildman–Crippen LogP) is 5.23. The molecule has 0 N–H and O–H groups in total. The molecule has 3 heterocycles. The Hall–Kier alpha value is -3.52. The Morgan fingerprint density at radius 2 is 1.97 bits per heavy atom. The lowest BCUT2D eigenvalue weighted by Crippen LogP contribution is -2.34. The second kappa shape index (κ2) is 7.96. The standard InChI is InChI=1S/C22H18ClN5O3/c23-16-5-3-14(4-6-16)21-25-22(31-26-21)15-2-1-11-27(13-15)19-7-8-20(28(29)30)18-12-24-10-9-17(18)19/h3-10,12,15H,1-2,11,13H2. The fraction of sp³-hybridized carbons (Fsp3) is 0.227. The monoisotopic (exact) mass is 435 g/mol. The van der Waals surface area contributed by atoms with E-state index in [0.717, 1.165) is 36.0 Å². The molecule has 0 radical (unpaired) electrons. The second-order valence-corrected chi connectivity index (χ2v) is 7.97. The summed E-state index contributed by atoms with van der Waals surface area (Å²) in [7, 11) is 0. The van der Waals surface area contributed by atoms with Gasteiger partial charge in [0, 0.05) is 53.2 Å². The molecule has 0 amide bonds. The second-order valence-electron chi connectivity index (χ2n) is 7.53. The van der Waals surface area contributed by atoms with Crippen LogP contribution in [-0.4, -0.2) is 33.1 Å². The molecule has 1 fully saturated rings. The Labute approximate surface area is 182 Å². The first-order valence-corrected chi connectivity index (χ1v) is 10.3. The number of piperidine rings is 1. The molecule has 31 heavy (non-hydrogen) atoms. The average molecular weight is 436 g/mol. The van der Waals surface area contributed by atoms with Crippen molar-refractivity contribution in [2.45, 2.75) is 18.8 Å². The van der Waals surface area contributed by atoms with Gasteiger partial charge >= 0.3 is 0 Å². The summed E-state index contributed by atoms with van der Waals surface area (Å²) in [5.41, 5.74) is 1.86. The van der Waals surface area contributed by atoms with E-state index in [1.807, 2.05) is 24.3 Å². The van der Waals surface area contributed by atoms with Crippen LogP contribution in [0.15, 0.2) is 59.4 Å². The minimum atomic E-state index is -0.371. The van der Waals surface area contributed by atoms with E-state index in [-0.39, 0.29) is 16.5 Å². The van der Waals surface area contributed by atoms with Crippen molar-refractivity contribution in [1.82, 2.24) is 15.1 Å². The molecule has 1 aliphatic heterocycles. The van der Waals surface area contributed by atoms with Gasteiger partial charge in [-0.2, -0.15) is 4.98 Å². The molecule has 8 nitrogen and oxygen atoms in total. The SMILES string of the molecule is O=[N+]([O-])c1ccc(N2CCCC(c3nc(-c4ccc(Cl)cc4)no3)C2)c2ccncc12. The van der Waals surface area contributed by atoms with Gasteiger partial charge in [0.15, 0.2) is 0 Å². The quantitative estimate of drug-likeness (QED) is 0.319. The number of halogens is 1. The molecule has 156 valence electrons. The minimum Gasteiger partial charge on any atom is -0.370 e. The normalized spacial score (nSPS) is 16.5. The Balaban J connectivity index is 1.43. The lowest BCUT2D eigenvalue weighted by molar-refractivity contribution is -0.383. The van der Waals surface area contributed by atoms with E-state index in [9.17, 15) is 10.1 Å². The zero-order valence-electron chi connectivity index (χ0n) is 16.4. The number of fused-ring (bicyclic) bond motifs is 1. The predicted molar refractivity (Wildman–Crippen MR) is 117 cm³/mol. The molecule has 5 rings (SSSR count). The fourth-order valence-electron chi connectivity index (χ4n) is 4.11. The van der Waals surface area contributed by atoms with Crippen LogP contribution in [0.1, 0.15) is 24.7 Å². The first-order valence-electron chi connectivity index (χ1n) is 9.96. The van der Waals surface area contributed by atoms with Crippen LogP contribution in [0.5, 0.6) is 0 Å². The minimum absolute atomic E-state index is 0.0601. The molecule has 0 saturated carbocycles. The number of nitro benzene ring substituents is 1. The van der Waals surface area contributed by atoms with Gasteiger partial charge in [-0.05, 0) is 49.2 Å². The highest BCUT2D eigenvalue weighted by Crippen LogP contribution is 2.36. The Bertz CT molecular complexity index is 1260. The van der Waals surface area contributed by atoms with Gasteiger partial charge in [0.2, 0.25) is 11.7 Å². The zero-order chi connectivity index (χ0) is 21.4. The summed E-state index contributed by atoms with van der Waals surface area (Å²) in [4.78, 5) is 22.0. The first kappa shape index (κ1) is 19.4. The van der Waals surface area contributed by atoms with Gasteiger partial charge in [-0.15, -0.1) is 0 Å². The van der Waals surface area contributed by atoms with Gasteiger partial charge in [-0.3, -0.25) is 15.1 Å². The van der Waals surface area contributed by atoms with Gasteiger partial charge in [0.05, 0.1) is 16.2 Å². The summed E-state index contributed by atoms with van der Waals surface area (Å²) in [5, 5.41) is 17.6. The molecule has 0 aliphatic carbocycles. The molecule has 1 unspecified atom stereocenters. The van der Waals surface area contributed by atoms with Crippen LogP contribution in [0.4, 0.5) is 11.4 Å². The summed E-state index contributed by atoms with van der Waals surface area (Å²) in [6.07, 6.45) is 5.10. The lowest BCUT2D eigenvalue weighted by Gasteiger charge is -2.33. The molecule has 1 atom stereocenters. The molecule has 2 aromatic heterocycles. The van der Waals surface area contributed by atoms with Crippen molar-refractivity contribution in [3.63, 3.8) is 0 Å². The number of benzene rings is 2. The van der Waals surface area contributed by atoms with Crippen molar-refractivity contribution in [3.05, 3.63) is 75.9 Å². The topological polar surface area (TPSA) is 98.2 Å². The van der Waals surface area contributed by atoms with Crippen LogP contribution >= 0.6 is 11.6 Å². The van der Waals surface area contributed by atoms with Crippen LogP contribution in [0.25, 0.3) is 22.2 Å². The number of hydrogen-bond acceptors (Lipinski definition) is 7. The Kier molecular flexibility index (Phi) is 4.99. The van der Waals surface area contributed by atoms with E-state index in [0.29, 0.717) is 28.7 Å². The average Bonchev–Trinajstić information content (AvgIpc) is 3.29. The maximum Gasteiger partial charge on any atom is 0.278 e. The first-order chi connectivity index (χ1) is 15.1. The van der Waals surface area contributed by atoms with Crippen molar-refractivity contribution < 1.29 is 9.45 Å².